The summed E-state index contributed by atoms with van der Waals surface area (Å²) in [6, 6.07) is 10.1. The lowest BCUT2D eigenvalue weighted by molar-refractivity contribution is 0.0873. The van der Waals surface area contributed by atoms with Crippen LogP contribution >= 0.6 is 11.3 Å². The highest BCUT2D eigenvalue weighted by atomic mass is 32.2. The van der Waals surface area contributed by atoms with Crippen molar-refractivity contribution in [2.24, 2.45) is 0 Å². The Labute approximate surface area is 145 Å². The fourth-order valence-corrected chi connectivity index (χ4v) is 4.27. The summed E-state index contributed by atoms with van der Waals surface area (Å²) in [5.74, 6) is -0.414. The minimum Gasteiger partial charge on any atom is -0.394 e. The van der Waals surface area contributed by atoms with Crippen molar-refractivity contribution < 1.29 is 18.3 Å². The Morgan fingerprint density at radius 1 is 1.29 bits per heavy atom. The van der Waals surface area contributed by atoms with E-state index in [0.29, 0.717) is 5.69 Å². The van der Waals surface area contributed by atoms with Crippen molar-refractivity contribution in [2.45, 2.75) is 24.3 Å². The molecule has 2 rings (SSSR count). The molecule has 0 saturated heterocycles. The molecule has 1 amide bonds. The number of aliphatic hydroxyl groups excluding tert-OH is 1. The summed E-state index contributed by atoms with van der Waals surface area (Å²) < 4.78 is 26.5. The van der Waals surface area contributed by atoms with Crippen molar-refractivity contribution in [1.82, 2.24) is 5.32 Å². The first-order valence-corrected chi connectivity index (χ1v) is 9.55. The van der Waals surface area contributed by atoms with Gasteiger partial charge in [-0.1, -0.05) is 18.2 Å². The van der Waals surface area contributed by atoms with E-state index in [9.17, 15) is 18.3 Å². The molecule has 1 aromatic heterocycles. The van der Waals surface area contributed by atoms with Gasteiger partial charge in [-0.05, 0) is 32.0 Å². The third kappa shape index (κ3) is 3.95. The van der Waals surface area contributed by atoms with Gasteiger partial charge in [0, 0.05) is 12.4 Å². The molecule has 24 heavy (non-hydrogen) atoms. The van der Waals surface area contributed by atoms with Crippen LogP contribution in [0.3, 0.4) is 0 Å². The summed E-state index contributed by atoms with van der Waals surface area (Å²) in [6.07, 6.45) is 0. The van der Waals surface area contributed by atoms with Crippen LogP contribution in [0.2, 0.25) is 0 Å². The van der Waals surface area contributed by atoms with Gasteiger partial charge in [0.05, 0.1) is 27.6 Å². The van der Waals surface area contributed by atoms with Crippen molar-refractivity contribution in [2.75, 3.05) is 18.0 Å². The van der Waals surface area contributed by atoms with E-state index in [1.54, 1.807) is 44.2 Å². The SMILES string of the molecule is CN(c1ccccc1)S(=O)(=O)c1csc(C(=O)NC(C)(C)CO)c1. The molecule has 0 aliphatic rings. The van der Waals surface area contributed by atoms with Crippen LogP contribution in [-0.2, 0) is 10.0 Å². The van der Waals surface area contributed by atoms with Gasteiger partial charge in [-0.2, -0.15) is 0 Å². The molecule has 0 radical (unpaired) electrons. The fourth-order valence-electron chi connectivity index (χ4n) is 1.92. The van der Waals surface area contributed by atoms with E-state index in [-0.39, 0.29) is 16.4 Å². The fraction of sp³-hybridized carbons (Fsp3) is 0.312. The number of para-hydroxylation sites is 1. The van der Waals surface area contributed by atoms with Gasteiger partial charge < -0.3 is 10.4 Å². The molecule has 0 unspecified atom stereocenters. The van der Waals surface area contributed by atoms with Crippen LogP contribution in [0.1, 0.15) is 23.5 Å². The quantitative estimate of drug-likeness (QED) is 0.817. The molecule has 0 fully saturated rings. The number of nitrogens with one attached hydrogen (secondary N) is 1. The van der Waals surface area contributed by atoms with Crippen molar-refractivity contribution in [3.8, 4) is 0 Å². The number of nitrogens with zero attached hydrogens (tertiary/aromatic N) is 1. The summed E-state index contributed by atoms with van der Waals surface area (Å²) in [7, 11) is -2.27. The predicted octanol–water partition coefficient (Wildman–Crippen LogP) is 2.07. The summed E-state index contributed by atoms with van der Waals surface area (Å²) >= 11 is 1.05. The van der Waals surface area contributed by atoms with E-state index in [2.05, 4.69) is 5.32 Å². The van der Waals surface area contributed by atoms with E-state index in [1.807, 2.05) is 0 Å². The number of benzene rings is 1. The Bertz CT molecular complexity index is 814. The summed E-state index contributed by atoms with van der Waals surface area (Å²) in [6.45, 7) is 3.14. The zero-order chi connectivity index (χ0) is 18.0. The van der Waals surface area contributed by atoms with Gasteiger partial charge in [-0.15, -0.1) is 11.3 Å². The number of aliphatic hydroxyl groups is 1. The maximum Gasteiger partial charge on any atom is 0.264 e. The molecule has 2 aromatic rings. The van der Waals surface area contributed by atoms with Crippen LogP contribution < -0.4 is 9.62 Å². The molecular formula is C16H20N2O4S2. The van der Waals surface area contributed by atoms with Gasteiger partial charge in [-0.25, -0.2) is 8.42 Å². The third-order valence-corrected chi connectivity index (χ3v) is 6.27. The maximum absolute atomic E-state index is 12.7. The number of carbonyl (C=O) groups excluding carboxylic acids is 1. The van der Waals surface area contributed by atoms with Gasteiger partial charge >= 0.3 is 0 Å². The molecule has 0 aliphatic heterocycles. The zero-order valence-corrected chi connectivity index (χ0v) is 15.3. The second-order valence-electron chi connectivity index (χ2n) is 5.95. The largest absolute Gasteiger partial charge is 0.394 e. The van der Waals surface area contributed by atoms with Crippen LogP contribution in [0.4, 0.5) is 5.69 Å². The van der Waals surface area contributed by atoms with Crippen LogP contribution in [0.5, 0.6) is 0 Å². The number of carbonyl (C=O) groups is 1. The minimum atomic E-state index is -3.74. The lowest BCUT2D eigenvalue weighted by Crippen LogP contribution is -2.46. The Hall–Kier alpha value is -1.90. The molecule has 2 N–H and O–H groups in total. The van der Waals surface area contributed by atoms with E-state index in [1.165, 1.54) is 22.8 Å². The van der Waals surface area contributed by atoms with E-state index in [0.717, 1.165) is 11.3 Å². The van der Waals surface area contributed by atoms with E-state index < -0.39 is 21.5 Å². The number of thiophene rings is 1. The average Bonchev–Trinajstić information content (AvgIpc) is 3.05. The molecule has 0 spiro atoms. The Balaban J connectivity index is 2.25. The summed E-state index contributed by atoms with van der Waals surface area (Å²) in [5, 5.41) is 13.3. The number of sulfonamides is 1. The highest BCUT2D eigenvalue weighted by molar-refractivity contribution is 7.93. The first-order chi connectivity index (χ1) is 11.2. The normalized spacial score (nSPS) is 12.0. The topological polar surface area (TPSA) is 86.7 Å². The lowest BCUT2D eigenvalue weighted by Gasteiger charge is -2.22. The average molecular weight is 368 g/mol. The molecule has 0 aliphatic carbocycles. The molecule has 1 aromatic carbocycles. The standard InChI is InChI=1S/C16H20N2O4S2/c1-16(2,11-19)17-15(20)14-9-13(10-23-14)24(21,22)18(3)12-7-5-4-6-8-12/h4-10,19H,11H2,1-3H3,(H,17,20). The summed E-state index contributed by atoms with van der Waals surface area (Å²) in [4.78, 5) is 12.5. The molecular weight excluding hydrogens is 348 g/mol. The maximum atomic E-state index is 12.7. The smallest absolute Gasteiger partial charge is 0.264 e. The number of hydrogen-bond acceptors (Lipinski definition) is 5. The van der Waals surface area contributed by atoms with Gasteiger partial charge in [0.15, 0.2) is 0 Å². The van der Waals surface area contributed by atoms with Crippen molar-refractivity contribution in [3.05, 3.63) is 46.7 Å². The van der Waals surface area contributed by atoms with Crippen LogP contribution in [0.15, 0.2) is 46.7 Å². The minimum absolute atomic E-state index is 0.0609. The van der Waals surface area contributed by atoms with E-state index >= 15 is 0 Å². The number of anilines is 1. The number of hydrogen-bond donors (Lipinski definition) is 2. The van der Waals surface area contributed by atoms with Crippen molar-refractivity contribution in [1.29, 1.82) is 0 Å². The second-order valence-corrected chi connectivity index (χ2v) is 8.83. The Morgan fingerprint density at radius 3 is 2.50 bits per heavy atom. The predicted molar refractivity (Wildman–Crippen MR) is 95.0 cm³/mol. The monoisotopic (exact) mass is 368 g/mol. The van der Waals surface area contributed by atoms with Crippen LogP contribution in [-0.4, -0.2) is 38.6 Å². The molecule has 1 heterocycles. The highest BCUT2D eigenvalue weighted by Crippen LogP contribution is 2.26. The van der Waals surface area contributed by atoms with Gasteiger partial charge in [-0.3, -0.25) is 9.10 Å². The van der Waals surface area contributed by atoms with Gasteiger partial charge in [0.1, 0.15) is 0 Å². The van der Waals surface area contributed by atoms with Crippen molar-refractivity contribution >= 4 is 33.0 Å². The summed E-state index contributed by atoms with van der Waals surface area (Å²) in [5.41, 5.74) is -0.239. The van der Waals surface area contributed by atoms with Gasteiger partial charge in [0.25, 0.3) is 15.9 Å². The number of amides is 1. The Morgan fingerprint density at radius 2 is 1.92 bits per heavy atom. The molecule has 6 nitrogen and oxygen atoms in total. The number of rotatable bonds is 6. The molecule has 0 saturated carbocycles. The zero-order valence-electron chi connectivity index (χ0n) is 13.7. The van der Waals surface area contributed by atoms with Crippen LogP contribution in [0, 0.1) is 0 Å². The molecule has 130 valence electrons. The molecule has 8 heteroatoms. The van der Waals surface area contributed by atoms with E-state index in [4.69, 9.17) is 0 Å². The molecule has 0 bridgehead atoms. The first kappa shape index (κ1) is 18.4. The Kier molecular flexibility index (Phi) is 5.32. The lowest BCUT2D eigenvalue weighted by atomic mass is 10.1. The highest BCUT2D eigenvalue weighted by Gasteiger charge is 2.26. The second kappa shape index (κ2) is 6.92. The first-order valence-electron chi connectivity index (χ1n) is 7.23. The van der Waals surface area contributed by atoms with Crippen LogP contribution in [0.25, 0.3) is 0 Å². The molecule has 0 atom stereocenters. The third-order valence-electron chi connectivity index (χ3n) is 3.42. The van der Waals surface area contributed by atoms with Crippen molar-refractivity contribution in [3.63, 3.8) is 0 Å². The van der Waals surface area contributed by atoms with Gasteiger partial charge in [0.2, 0.25) is 0 Å².